The Balaban J connectivity index is 0.00000202. The summed E-state index contributed by atoms with van der Waals surface area (Å²) in [6.07, 6.45) is 12.0. The van der Waals surface area contributed by atoms with Crippen molar-refractivity contribution in [2.45, 2.75) is 88.4 Å². The standard InChI is InChI=1S/C28H38BrN9O2.2ClH/c29-22-7-3-4-8-23(22)34-28(39)40-37-15-13-20(14-16-37)32-25-24-26(38(17-31-24)21-5-1-2-6-21)36-27(35-25)33-19-11-9-18(30)10-12-19;;/h3-4,7-8,17-21H,1-2,5-6,9-16,30H2,(H,34,39)(H2,32,33,35,36);2*1H/t18-,19-;;. The van der Waals surface area contributed by atoms with E-state index in [0.29, 0.717) is 42.9 Å². The molecule has 1 saturated heterocycles. The van der Waals surface area contributed by atoms with Crippen LogP contribution in [0.2, 0.25) is 0 Å². The Hall–Kier alpha value is -2.38. The van der Waals surface area contributed by atoms with Crippen LogP contribution in [0.25, 0.3) is 11.2 Å². The van der Waals surface area contributed by atoms with Gasteiger partial charge in [-0.05, 0) is 79.4 Å². The summed E-state index contributed by atoms with van der Waals surface area (Å²) in [6, 6.07) is 8.71. The SMILES string of the molecule is Cl.Cl.N[C@H]1CC[C@H](Nc2nc(NC3CCN(OC(=O)Nc4ccccc4Br)CC3)c3ncn(C4CCCC4)c3n2)CC1. The summed E-state index contributed by atoms with van der Waals surface area (Å²) >= 11 is 3.44. The summed E-state index contributed by atoms with van der Waals surface area (Å²) in [5.41, 5.74) is 8.51. The Bertz CT molecular complexity index is 1320. The van der Waals surface area contributed by atoms with Crippen molar-refractivity contribution in [3.63, 3.8) is 0 Å². The number of amides is 1. The molecule has 2 saturated carbocycles. The average molecular weight is 685 g/mol. The maximum absolute atomic E-state index is 12.4. The molecule has 0 unspecified atom stereocenters. The number of hydroxylamine groups is 2. The first-order valence-corrected chi connectivity index (χ1v) is 15.3. The van der Waals surface area contributed by atoms with Crippen molar-refractivity contribution in [2.75, 3.05) is 29.0 Å². The lowest BCUT2D eigenvalue weighted by molar-refractivity contribution is -0.106. The zero-order valence-electron chi connectivity index (χ0n) is 23.5. The van der Waals surface area contributed by atoms with E-state index < -0.39 is 6.09 Å². The Labute approximate surface area is 267 Å². The third-order valence-electron chi connectivity index (χ3n) is 8.36. The van der Waals surface area contributed by atoms with E-state index >= 15 is 0 Å². The van der Waals surface area contributed by atoms with Gasteiger partial charge in [0.2, 0.25) is 5.95 Å². The number of carbonyl (C=O) groups is 1. The van der Waals surface area contributed by atoms with E-state index in [1.807, 2.05) is 30.6 Å². The van der Waals surface area contributed by atoms with Crippen LogP contribution in [0.3, 0.4) is 0 Å². The third-order valence-corrected chi connectivity index (χ3v) is 9.05. The highest BCUT2D eigenvalue weighted by Crippen LogP contribution is 2.34. The third kappa shape index (κ3) is 7.76. The Morgan fingerprint density at radius 2 is 1.62 bits per heavy atom. The van der Waals surface area contributed by atoms with Gasteiger partial charge < -0.3 is 25.8 Å². The molecule has 1 aromatic carbocycles. The molecule has 1 amide bonds. The van der Waals surface area contributed by atoms with Crippen molar-refractivity contribution in [3.8, 4) is 0 Å². The predicted octanol–water partition coefficient (Wildman–Crippen LogP) is 6.27. The van der Waals surface area contributed by atoms with Gasteiger partial charge in [-0.2, -0.15) is 9.97 Å². The molecule has 2 aromatic heterocycles. The summed E-state index contributed by atoms with van der Waals surface area (Å²) in [6.45, 7) is 1.25. The topological polar surface area (TPSA) is 135 Å². The second kappa shape index (κ2) is 14.9. The molecule has 11 nitrogen and oxygen atoms in total. The van der Waals surface area contributed by atoms with Crippen LogP contribution in [0.4, 0.5) is 22.2 Å². The number of halogens is 3. The van der Waals surface area contributed by atoms with E-state index in [1.165, 1.54) is 12.8 Å². The number of nitrogens with zero attached hydrogens (tertiary/aromatic N) is 5. The minimum absolute atomic E-state index is 0. The van der Waals surface area contributed by atoms with Crippen LogP contribution in [0.1, 0.15) is 70.3 Å². The number of para-hydroxylation sites is 1. The molecule has 0 radical (unpaired) electrons. The molecular formula is C28H40BrCl2N9O2. The van der Waals surface area contributed by atoms with Gasteiger partial charge in [0.05, 0.1) is 12.0 Å². The fourth-order valence-electron chi connectivity index (χ4n) is 6.07. The van der Waals surface area contributed by atoms with Crippen LogP contribution >= 0.6 is 40.7 Å². The number of fused-ring (bicyclic) bond motifs is 1. The zero-order chi connectivity index (χ0) is 27.5. The maximum atomic E-state index is 12.4. The lowest BCUT2D eigenvalue weighted by Crippen LogP contribution is -2.41. The van der Waals surface area contributed by atoms with Crippen LogP contribution in [0.5, 0.6) is 0 Å². The van der Waals surface area contributed by atoms with Gasteiger partial charge in [-0.15, -0.1) is 29.9 Å². The number of carbonyl (C=O) groups excluding carboxylic acids is 1. The molecule has 3 aliphatic rings. The number of hydrogen-bond donors (Lipinski definition) is 4. The van der Waals surface area contributed by atoms with Gasteiger partial charge in [-0.25, -0.2) is 9.78 Å². The molecule has 3 aromatic rings. The molecule has 0 bridgehead atoms. The molecule has 14 heteroatoms. The molecule has 3 heterocycles. The van der Waals surface area contributed by atoms with Crippen molar-refractivity contribution in [1.82, 2.24) is 24.6 Å². The molecule has 6 rings (SSSR count). The van der Waals surface area contributed by atoms with Gasteiger partial charge in [0, 0.05) is 41.7 Å². The highest BCUT2D eigenvalue weighted by Gasteiger charge is 2.27. The van der Waals surface area contributed by atoms with E-state index in [9.17, 15) is 4.79 Å². The molecule has 230 valence electrons. The van der Waals surface area contributed by atoms with Gasteiger partial charge >= 0.3 is 6.09 Å². The summed E-state index contributed by atoms with van der Waals surface area (Å²) in [5.74, 6) is 1.42. The van der Waals surface area contributed by atoms with Crippen LogP contribution in [0, 0.1) is 0 Å². The quantitative estimate of drug-likeness (QED) is 0.227. The molecule has 1 aliphatic heterocycles. The van der Waals surface area contributed by atoms with E-state index in [1.54, 1.807) is 5.06 Å². The first-order valence-electron chi connectivity index (χ1n) is 14.5. The van der Waals surface area contributed by atoms with E-state index in [-0.39, 0.29) is 30.9 Å². The van der Waals surface area contributed by atoms with Gasteiger partial charge in [-0.1, -0.05) is 25.0 Å². The molecule has 3 fully saturated rings. The molecule has 5 N–H and O–H groups in total. The Morgan fingerprint density at radius 1 is 0.929 bits per heavy atom. The molecule has 0 atom stereocenters. The smallest absolute Gasteiger partial charge is 0.365 e. The lowest BCUT2D eigenvalue weighted by Gasteiger charge is -2.31. The number of aromatic nitrogens is 4. The second-order valence-electron chi connectivity index (χ2n) is 11.2. The minimum atomic E-state index is -0.493. The molecule has 42 heavy (non-hydrogen) atoms. The lowest BCUT2D eigenvalue weighted by atomic mass is 9.92. The highest BCUT2D eigenvalue weighted by molar-refractivity contribution is 9.10. The van der Waals surface area contributed by atoms with Gasteiger partial charge in [0.15, 0.2) is 17.0 Å². The van der Waals surface area contributed by atoms with E-state index in [2.05, 4.69) is 36.4 Å². The number of nitrogens with two attached hydrogens (primary N) is 1. The Morgan fingerprint density at radius 3 is 2.33 bits per heavy atom. The number of piperidine rings is 1. The van der Waals surface area contributed by atoms with Gasteiger partial charge in [0.1, 0.15) is 0 Å². The van der Waals surface area contributed by atoms with Crippen molar-refractivity contribution in [1.29, 1.82) is 0 Å². The molecule has 2 aliphatic carbocycles. The van der Waals surface area contributed by atoms with Crippen LogP contribution in [-0.4, -0.2) is 61.9 Å². The van der Waals surface area contributed by atoms with Crippen LogP contribution < -0.4 is 21.7 Å². The summed E-state index contributed by atoms with van der Waals surface area (Å²) in [7, 11) is 0. The number of anilines is 3. The average Bonchev–Trinajstić information content (AvgIpc) is 3.63. The van der Waals surface area contributed by atoms with Gasteiger partial charge in [0.25, 0.3) is 0 Å². The van der Waals surface area contributed by atoms with Crippen LogP contribution in [-0.2, 0) is 4.84 Å². The van der Waals surface area contributed by atoms with Crippen molar-refractivity contribution < 1.29 is 9.63 Å². The molecular weight excluding hydrogens is 645 g/mol. The summed E-state index contributed by atoms with van der Waals surface area (Å²) < 4.78 is 3.06. The second-order valence-corrected chi connectivity index (χ2v) is 12.1. The van der Waals surface area contributed by atoms with Crippen LogP contribution in [0.15, 0.2) is 35.1 Å². The highest BCUT2D eigenvalue weighted by atomic mass is 79.9. The van der Waals surface area contributed by atoms with Crippen molar-refractivity contribution in [2.24, 2.45) is 5.73 Å². The number of hydrogen-bond acceptors (Lipinski definition) is 9. The van der Waals surface area contributed by atoms with E-state index in [0.717, 1.165) is 72.8 Å². The molecule has 0 spiro atoms. The first-order chi connectivity index (χ1) is 19.5. The van der Waals surface area contributed by atoms with Gasteiger partial charge in [-0.3, -0.25) is 5.32 Å². The maximum Gasteiger partial charge on any atom is 0.430 e. The summed E-state index contributed by atoms with van der Waals surface area (Å²) in [5, 5.41) is 11.8. The number of nitrogens with one attached hydrogen (secondary N) is 3. The number of rotatable bonds is 7. The van der Waals surface area contributed by atoms with E-state index in [4.69, 9.17) is 25.5 Å². The minimum Gasteiger partial charge on any atom is -0.365 e. The monoisotopic (exact) mass is 683 g/mol. The fourth-order valence-corrected chi connectivity index (χ4v) is 6.46. The largest absolute Gasteiger partial charge is 0.430 e. The summed E-state index contributed by atoms with van der Waals surface area (Å²) in [4.78, 5) is 32.6. The number of benzene rings is 1. The zero-order valence-corrected chi connectivity index (χ0v) is 26.7. The normalized spacial score (nSPS) is 21.8. The number of imidazole rings is 1. The van der Waals surface area contributed by atoms with Crippen molar-refractivity contribution in [3.05, 3.63) is 35.1 Å². The fraction of sp³-hybridized carbons (Fsp3) is 0.571. The first kappa shape index (κ1) is 32.5. The predicted molar refractivity (Wildman–Crippen MR) is 174 cm³/mol. The van der Waals surface area contributed by atoms with Crippen molar-refractivity contribution >= 4 is 75.5 Å². The Kier molecular flexibility index (Phi) is 11.5.